The summed E-state index contributed by atoms with van der Waals surface area (Å²) in [7, 11) is 0. The van der Waals surface area contributed by atoms with E-state index < -0.39 is 11.6 Å². The third kappa shape index (κ3) is 4.26. The number of likely N-dealkylation sites (tertiary alicyclic amines) is 1. The van der Waals surface area contributed by atoms with Crippen molar-refractivity contribution in [2.45, 2.75) is 25.3 Å². The maximum atomic E-state index is 14.0. The van der Waals surface area contributed by atoms with Gasteiger partial charge in [-0.05, 0) is 37.0 Å². The molecule has 1 N–H and O–H groups in total. The van der Waals surface area contributed by atoms with Crippen molar-refractivity contribution in [3.8, 4) is 11.4 Å². The maximum absolute atomic E-state index is 14.0. The molecule has 0 saturated carbocycles. The van der Waals surface area contributed by atoms with Crippen LogP contribution < -0.4 is 5.32 Å². The van der Waals surface area contributed by atoms with E-state index in [1.165, 1.54) is 6.07 Å². The lowest BCUT2D eigenvalue weighted by atomic mass is 10.1. The van der Waals surface area contributed by atoms with Crippen molar-refractivity contribution in [2.75, 3.05) is 13.1 Å². The highest BCUT2D eigenvalue weighted by atomic mass is 19.1. The van der Waals surface area contributed by atoms with Crippen LogP contribution in [0.5, 0.6) is 0 Å². The van der Waals surface area contributed by atoms with Crippen LogP contribution in [0.1, 0.15) is 30.3 Å². The van der Waals surface area contributed by atoms with Gasteiger partial charge in [0, 0.05) is 19.2 Å². The normalized spacial score (nSPS) is 16.2. The van der Waals surface area contributed by atoms with Crippen LogP contribution in [0.15, 0.2) is 53.1 Å². The Bertz CT molecular complexity index is 993. The van der Waals surface area contributed by atoms with Crippen LogP contribution in [-0.4, -0.2) is 34.2 Å². The monoisotopic (exact) mass is 398 g/mol. The summed E-state index contributed by atoms with van der Waals surface area (Å²) in [6, 6.07) is 12.5. The Morgan fingerprint density at radius 2 is 2.03 bits per heavy atom. The standard InChI is InChI=1S/C21H20F2N4O2/c22-15-8-9-16(17(23)13-15)19-25-20(29-26-19)18-7-4-12-27(18)21(28)24-11-10-14-5-2-1-3-6-14/h1-3,5-6,8-9,13,18H,4,7,10-12H2,(H,24,28). The molecule has 0 bridgehead atoms. The van der Waals surface area contributed by atoms with E-state index in [1.54, 1.807) is 4.90 Å². The number of hydrogen-bond acceptors (Lipinski definition) is 4. The van der Waals surface area contributed by atoms with E-state index in [9.17, 15) is 13.6 Å². The van der Waals surface area contributed by atoms with Crippen LogP contribution in [0.3, 0.4) is 0 Å². The van der Waals surface area contributed by atoms with Crippen LogP contribution in [0.4, 0.5) is 13.6 Å². The number of aromatic nitrogens is 2. The largest absolute Gasteiger partial charge is 0.338 e. The molecule has 1 atom stereocenters. The zero-order valence-electron chi connectivity index (χ0n) is 15.6. The maximum Gasteiger partial charge on any atom is 0.318 e. The predicted octanol–water partition coefficient (Wildman–Crippen LogP) is 4.10. The number of rotatable bonds is 5. The summed E-state index contributed by atoms with van der Waals surface area (Å²) in [5, 5.41) is 6.73. The number of benzene rings is 2. The topological polar surface area (TPSA) is 71.3 Å². The van der Waals surface area contributed by atoms with E-state index in [1.807, 2.05) is 30.3 Å². The zero-order valence-corrected chi connectivity index (χ0v) is 15.6. The summed E-state index contributed by atoms with van der Waals surface area (Å²) in [5.74, 6) is -1.16. The summed E-state index contributed by atoms with van der Waals surface area (Å²) in [6.45, 7) is 1.09. The van der Waals surface area contributed by atoms with Crippen LogP contribution in [0.25, 0.3) is 11.4 Å². The SMILES string of the molecule is O=C(NCCc1ccccc1)N1CCCC1c1nc(-c2ccc(F)cc2F)no1. The molecule has 150 valence electrons. The van der Waals surface area contributed by atoms with Crippen LogP contribution in [-0.2, 0) is 6.42 Å². The van der Waals surface area contributed by atoms with Gasteiger partial charge in [0.05, 0.1) is 5.56 Å². The highest BCUT2D eigenvalue weighted by molar-refractivity contribution is 5.75. The minimum atomic E-state index is -0.765. The third-order valence-electron chi connectivity index (χ3n) is 4.95. The molecule has 1 saturated heterocycles. The molecule has 1 unspecified atom stereocenters. The summed E-state index contributed by atoms with van der Waals surface area (Å²) in [6.07, 6.45) is 2.22. The summed E-state index contributed by atoms with van der Waals surface area (Å²) < 4.78 is 32.4. The number of hydrogen-bond donors (Lipinski definition) is 1. The molecule has 0 aliphatic carbocycles. The molecule has 2 aromatic carbocycles. The highest BCUT2D eigenvalue weighted by Crippen LogP contribution is 2.32. The van der Waals surface area contributed by atoms with E-state index in [2.05, 4.69) is 15.5 Å². The Labute approximate surface area is 166 Å². The van der Waals surface area contributed by atoms with Gasteiger partial charge in [-0.2, -0.15) is 4.98 Å². The Hall–Kier alpha value is -3.29. The molecular weight excluding hydrogens is 378 g/mol. The van der Waals surface area contributed by atoms with Gasteiger partial charge in [-0.3, -0.25) is 0 Å². The van der Waals surface area contributed by atoms with Crippen LogP contribution >= 0.6 is 0 Å². The van der Waals surface area contributed by atoms with Gasteiger partial charge in [-0.25, -0.2) is 13.6 Å². The number of nitrogens with one attached hydrogen (secondary N) is 1. The molecular formula is C21H20F2N4O2. The lowest BCUT2D eigenvalue weighted by Crippen LogP contribution is -2.40. The lowest BCUT2D eigenvalue weighted by Gasteiger charge is -2.22. The van der Waals surface area contributed by atoms with Crippen molar-refractivity contribution in [1.82, 2.24) is 20.4 Å². The van der Waals surface area contributed by atoms with E-state index in [-0.39, 0.29) is 29.4 Å². The number of halogens is 2. The molecule has 1 aliphatic heterocycles. The average Bonchev–Trinajstić information content (AvgIpc) is 3.38. The molecule has 0 spiro atoms. The summed E-state index contributed by atoms with van der Waals surface area (Å²) in [4.78, 5) is 18.5. The van der Waals surface area contributed by atoms with Gasteiger partial charge in [0.25, 0.3) is 0 Å². The number of carbonyl (C=O) groups is 1. The third-order valence-corrected chi connectivity index (χ3v) is 4.95. The highest BCUT2D eigenvalue weighted by Gasteiger charge is 2.34. The van der Waals surface area contributed by atoms with Crippen molar-refractivity contribution in [3.63, 3.8) is 0 Å². The van der Waals surface area contributed by atoms with E-state index in [4.69, 9.17) is 4.52 Å². The van der Waals surface area contributed by atoms with Crippen LogP contribution in [0.2, 0.25) is 0 Å². The molecule has 3 aromatic rings. The molecule has 6 nitrogen and oxygen atoms in total. The molecule has 29 heavy (non-hydrogen) atoms. The first-order valence-electron chi connectivity index (χ1n) is 9.49. The molecule has 1 aliphatic rings. The van der Waals surface area contributed by atoms with Crippen molar-refractivity contribution < 1.29 is 18.1 Å². The van der Waals surface area contributed by atoms with Crippen molar-refractivity contribution >= 4 is 6.03 Å². The second-order valence-electron chi connectivity index (χ2n) is 6.90. The van der Waals surface area contributed by atoms with E-state index in [0.717, 1.165) is 30.5 Å². The van der Waals surface area contributed by atoms with Gasteiger partial charge in [-0.1, -0.05) is 35.5 Å². The molecule has 4 rings (SSSR count). The fourth-order valence-corrected chi connectivity index (χ4v) is 3.48. The van der Waals surface area contributed by atoms with Crippen molar-refractivity contribution in [2.24, 2.45) is 0 Å². The first-order valence-corrected chi connectivity index (χ1v) is 9.49. The average molecular weight is 398 g/mol. The first kappa shape index (κ1) is 19.0. The Balaban J connectivity index is 1.41. The van der Waals surface area contributed by atoms with Gasteiger partial charge in [0.2, 0.25) is 11.7 Å². The van der Waals surface area contributed by atoms with Gasteiger partial charge < -0.3 is 14.7 Å². The van der Waals surface area contributed by atoms with Gasteiger partial charge >= 0.3 is 6.03 Å². The van der Waals surface area contributed by atoms with Crippen molar-refractivity contribution in [1.29, 1.82) is 0 Å². The molecule has 2 heterocycles. The molecule has 1 fully saturated rings. The summed E-state index contributed by atoms with van der Waals surface area (Å²) >= 11 is 0. The minimum absolute atomic E-state index is 0.0360. The van der Waals surface area contributed by atoms with E-state index in [0.29, 0.717) is 19.5 Å². The lowest BCUT2D eigenvalue weighted by molar-refractivity contribution is 0.180. The van der Waals surface area contributed by atoms with Gasteiger partial charge in [0.1, 0.15) is 17.7 Å². The molecule has 1 aromatic heterocycles. The van der Waals surface area contributed by atoms with E-state index >= 15 is 0 Å². The number of amides is 2. The fraction of sp³-hybridized carbons (Fsp3) is 0.286. The van der Waals surface area contributed by atoms with Gasteiger partial charge in [0.15, 0.2) is 0 Å². The number of urea groups is 1. The van der Waals surface area contributed by atoms with Crippen LogP contribution in [0, 0.1) is 11.6 Å². The molecule has 2 amide bonds. The predicted molar refractivity (Wildman–Crippen MR) is 102 cm³/mol. The molecule has 8 heteroatoms. The minimum Gasteiger partial charge on any atom is -0.338 e. The number of carbonyl (C=O) groups excluding carboxylic acids is 1. The Morgan fingerprint density at radius 1 is 1.21 bits per heavy atom. The Kier molecular flexibility index (Phi) is 5.50. The Morgan fingerprint density at radius 3 is 2.83 bits per heavy atom. The number of nitrogens with zero attached hydrogens (tertiary/aromatic N) is 3. The zero-order chi connectivity index (χ0) is 20.2. The first-order chi connectivity index (χ1) is 14.1. The second-order valence-corrected chi connectivity index (χ2v) is 6.90. The second kappa shape index (κ2) is 8.38. The molecule has 0 radical (unpaired) electrons. The quantitative estimate of drug-likeness (QED) is 0.702. The summed E-state index contributed by atoms with van der Waals surface area (Å²) in [5.41, 5.74) is 1.20. The smallest absolute Gasteiger partial charge is 0.318 e. The van der Waals surface area contributed by atoms with Gasteiger partial charge in [-0.15, -0.1) is 0 Å². The fourth-order valence-electron chi connectivity index (χ4n) is 3.48. The van der Waals surface area contributed by atoms with Crippen molar-refractivity contribution in [3.05, 3.63) is 71.6 Å².